The fraction of sp³-hybridized carbons (Fsp3) is 0. The molecule has 0 radical (unpaired) electrons. The SMILES string of the molecule is c1ccc(-c2cc(-c3cccc(-c4nc(-c5ccccc5)nc(-c5ccccc5)n4)c3)c3oc4ccccc4c3c2)cc1. The molecule has 8 aromatic rings. The van der Waals surface area contributed by atoms with Crippen LogP contribution in [0.15, 0.2) is 156 Å². The van der Waals surface area contributed by atoms with Crippen molar-refractivity contribution < 1.29 is 4.42 Å². The largest absolute Gasteiger partial charge is 0.455 e. The monoisotopic (exact) mass is 551 g/mol. The molecule has 0 saturated carbocycles. The molecule has 43 heavy (non-hydrogen) atoms. The molecule has 0 aliphatic rings. The van der Waals surface area contributed by atoms with E-state index in [1.807, 2.05) is 78.9 Å². The average Bonchev–Trinajstić information content (AvgIpc) is 3.48. The van der Waals surface area contributed by atoms with Gasteiger partial charge in [-0.3, -0.25) is 0 Å². The van der Waals surface area contributed by atoms with Crippen LogP contribution in [0.3, 0.4) is 0 Å². The normalized spacial score (nSPS) is 11.3. The molecule has 0 atom stereocenters. The zero-order valence-electron chi connectivity index (χ0n) is 23.2. The van der Waals surface area contributed by atoms with Crippen LogP contribution in [0, 0.1) is 0 Å². The van der Waals surface area contributed by atoms with Crippen LogP contribution >= 0.6 is 0 Å². The number of rotatable bonds is 5. The maximum Gasteiger partial charge on any atom is 0.164 e. The highest BCUT2D eigenvalue weighted by Gasteiger charge is 2.17. The highest BCUT2D eigenvalue weighted by Crippen LogP contribution is 2.40. The average molecular weight is 552 g/mol. The summed E-state index contributed by atoms with van der Waals surface area (Å²) in [6.07, 6.45) is 0. The lowest BCUT2D eigenvalue weighted by molar-refractivity contribution is 0.670. The summed E-state index contributed by atoms with van der Waals surface area (Å²) in [4.78, 5) is 14.8. The number of para-hydroxylation sites is 1. The lowest BCUT2D eigenvalue weighted by Crippen LogP contribution is -2.00. The number of hydrogen-bond donors (Lipinski definition) is 0. The molecule has 2 heterocycles. The first-order valence-electron chi connectivity index (χ1n) is 14.3. The molecule has 4 nitrogen and oxygen atoms in total. The first-order valence-corrected chi connectivity index (χ1v) is 14.3. The quantitative estimate of drug-likeness (QED) is 0.214. The van der Waals surface area contributed by atoms with Crippen molar-refractivity contribution in [3.05, 3.63) is 152 Å². The molecule has 4 heteroatoms. The van der Waals surface area contributed by atoms with E-state index in [1.165, 1.54) is 0 Å². The summed E-state index contributed by atoms with van der Waals surface area (Å²) in [5.74, 6) is 1.90. The van der Waals surface area contributed by atoms with Crippen LogP contribution in [0.2, 0.25) is 0 Å². The van der Waals surface area contributed by atoms with Gasteiger partial charge < -0.3 is 4.42 Å². The second kappa shape index (κ2) is 10.5. The molecular weight excluding hydrogens is 526 g/mol. The van der Waals surface area contributed by atoms with Crippen molar-refractivity contribution in [3.63, 3.8) is 0 Å². The van der Waals surface area contributed by atoms with Gasteiger partial charge in [0.15, 0.2) is 17.5 Å². The van der Waals surface area contributed by atoms with Gasteiger partial charge in [0.2, 0.25) is 0 Å². The molecule has 202 valence electrons. The Hall–Kier alpha value is -5.87. The van der Waals surface area contributed by atoms with Crippen LogP contribution in [0.25, 0.3) is 78.4 Å². The van der Waals surface area contributed by atoms with Gasteiger partial charge in [0.1, 0.15) is 11.2 Å². The topological polar surface area (TPSA) is 51.8 Å². The van der Waals surface area contributed by atoms with Crippen molar-refractivity contribution in [1.29, 1.82) is 0 Å². The van der Waals surface area contributed by atoms with Crippen molar-refractivity contribution in [3.8, 4) is 56.4 Å². The third-order valence-electron chi connectivity index (χ3n) is 7.72. The summed E-state index contributed by atoms with van der Waals surface area (Å²) >= 11 is 0. The van der Waals surface area contributed by atoms with Gasteiger partial charge in [-0.05, 0) is 41.0 Å². The molecule has 2 aromatic heterocycles. The van der Waals surface area contributed by atoms with Crippen molar-refractivity contribution in [2.45, 2.75) is 0 Å². The Balaban J connectivity index is 1.33. The third kappa shape index (κ3) is 4.65. The van der Waals surface area contributed by atoms with E-state index < -0.39 is 0 Å². The van der Waals surface area contributed by atoms with Crippen LogP contribution in [0.5, 0.6) is 0 Å². The number of furan rings is 1. The highest BCUT2D eigenvalue weighted by molar-refractivity contribution is 6.11. The van der Waals surface area contributed by atoms with Gasteiger partial charge in [0.05, 0.1) is 0 Å². The summed E-state index contributed by atoms with van der Waals surface area (Å²) in [7, 11) is 0. The van der Waals surface area contributed by atoms with Gasteiger partial charge in [0, 0.05) is 33.0 Å². The van der Waals surface area contributed by atoms with Crippen LogP contribution < -0.4 is 0 Å². The molecular formula is C39H25N3O. The second-order valence-electron chi connectivity index (χ2n) is 10.5. The van der Waals surface area contributed by atoms with E-state index >= 15 is 0 Å². The standard InChI is InChI=1S/C39H25N3O/c1-4-13-26(14-5-1)31-24-33(36-34(25-31)32-21-10-11-22-35(32)43-36)29-19-12-20-30(23-29)39-41-37(27-15-6-2-7-16-27)40-38(42-39)28-17-8-3-9-18-28/h1-25H. The van der Waals surface area contributed by atoms with E-state index in [0.717, 1.165) is 60.9 Å². The van der Waals surface area contributed by atoms with Gasteiger partial charge in [-0.25, -0.2) is 15.0 Å². The van der Waals surface area contributed by atoms with Crippen LogP contribution in [0.4, 0.5) is 0 Å². The predicted octanol–water partition coefficient (Wildman–Crippen LogP) is 10.1. The summed E-state index contributed by atoms with van der Waals surface area (Å²) < 4.78 is 6.49. The van der Waals surface area contributed by atoms with Crippen LogP contribution in [-0.2, 0) is 0 Å². The van der Waals surface area contributed by atoms with Gasteiger partial charge >= 0.3 is 0 Å². The molecule has 0 aliphatic carbocycles. The fourth-order valence-corrected chi connectivity index (χ4v) is 5.60. The molecule has 0 aliphatic heterocycles. The molecule has 0 saturated heterocycles. The van der Waals surface area contributed by atoms with Crippen molar-refractivity contribution in [2.75, 3.05) is 0 Å². The summed E-state index contributed by atoms with van der Waals surface area (Å²) in [6, 6.07) is 51.6. The Morgan fingerprint density at radius 2 is 0.860 bits per heavy atom. The van der Waals surface area contributed by atoms with Crippen molar-refractivity contribution in [2.24, 2.45) is 0 Å². The fourth-order valence-electron chi connectivity index (χ4n) is 5.60. The summed E-state index contributed by atoms with van der Waals surface area (Å²) in [5, 5.41) is 2.19. The van der Waals surface area contributed by atoms with E-state index in [2.05, 4.69) is 72.8 Å². The van der Waals surface area contributed by atoms with Gasteiger partial charge in [-0.1, -0.05) is 127 Å². The zero-order valence-corrected chi connectivity index (χ0v) is 23.2. The number of aromatic nitrogens is 3. The smallest absolute Gasteiger partial charge is 0.164 e. The molecule has 0 N–H and O–H groups in total. The Bertz CT molecular complexity index is 2170. The van der Waals surface area contributed by atoms with Gasteiger partial charge in [-0.2, -0.15) is 0 Å². The minimum Gasteiger partial charge on any atom is -0.455 e. The number of benzene rings is 6. The Morgan fingerprint density at radius 1 is 0.349 bits per heavy atom. The van der Waals surface area contributed by atoms with Gasteiger partial charge in [0.25, 0.3) is 0 Å². The van der Waals surface area contributed by atoms with E-state index in [4.69, 9.17) is 19.4 Å². The molecule has 6 aromatic carbocycles. The molecule has 0 bridgehead atoms. The number of nitrogens with zero attached hydrogens (tertiary/aromatic N) is 3. The van der Waals surface area contributed by atoms with E-state index in [0.29, 0.717) is 17.5 Å². The zero-order chi connectivity index (χ0) is 28.6. The minimum atomic E-state index is 0.620. The molecule has 0 unspecified atom stereocenters. The maximum absolute atomic E-state index is 6.49. The summed E-state index contributed by atoms with van der Waals surface area (Å²) in [5.41, 5.74) is 8.88. The lowest BCUT2D eigenvalue weighted by atomic mass is 9.95. The van der Waals surface area contributed by atoms with E-state index in [1.54, 1.807) is 0 Å². The Labute approximate surface area is 249 Å². The first kappa shape index (κ1) is 24.9. The van der Waals surface area contributed by atoms with E-state index in [-0.39, 0.29) is 0 Å². The van der Waals surface area contributed by atoms with Gasteiger partial charge in [-0.15, -0.1) is 0 Å². The lowest BCUT2D eigenvalue weighted by Gasteiger charge is -2.11. The molecule has 0 amide bonds. The molecule has 0 spiro atoms. The Morgan fingerprint density at radius 3 is 1.51 bits per heavy atom. The number of fused-ring (bicyclic) bond motifs is 3. The van der Waals surface area contributed by atoms with Crippen LogP contribution in [-0.4, -0.2) is 15.0 Å². The predicted molar refractivity (Wildman–Crippen MR) is 174 cm³/mol. The van der Waals surface area contributed by atoms with Crippen molar-refractivity contribution >= 4 is 21.9 Å². The Kier molecular flexibility index (Phi) is 6.08. The minimum absolute atomic E-state index is 0.620. The summed E-state index contributed by atoms with van der Waals surface area (Å²) in [6.45, 7) is 0. The highest BCUT2D eigenvalue weighted by atomic mass is 16.3. The molecule has 0 fully saturated rings. The van der Waals surface area contributed by atoms with Crippen LogP contribution in [0.1, 0.15) is 0 Å². The van der Waals surface area contributed by atoms with Crippen molar-refractivity contribution in [1.82, 2.24) is 15.0 Å². The maximum atomic E-state index is 6.49. The van der Waals surface area contributed by atoms with E-state index in [9.17, 15) is 0 Å². The molecule has 8 rings (SSSR count). The third-order valence-corrected chi connectivity index (χ3v) is 7.72. The first-order chi connectivity index (χ1) is 21.3. The second-order valence-corrected chi connectivity index (χ2v) is 10.5. The number of hydrogen-bond acceptors (Lipinski definition) is 4.